The number of pyridine rings is 1. The normalized spacial score (nSPS) is 11.3. The predicted molar refractivity (Wildman–Crippen MR) is 114 cm³/mol. The molecular weight excluding hydrogens is 447 g/mol. The second-order valence-electron chi connectivity index (χ2n) is 5.88. The van der Waals surface area contributed by atoms with Gasteiger partial charge in [0, 0.05) is 21.8 Å². The van der Waals surface area contributed by atoms with Gasteiger partial charge in [0.15, 0.2) is 0 Å². The van der Waals surface area contributed by atoms with E-state index in [1.165, 1.54) is 0 Å². The molecule has 4 aromatic rings. The molecule has 2 aromatic heterocycles. The molecule has 0 unspecified atom stereocenters. The highest BCUT2D eigenvalue weighted by molar-refractivity contribution is 6.42. The van der Waals surface area contributed by atoms with E-state index >= 15 is 0 Å². The standard InChI is InChI=1S/C19H10Cl5N3/c20-12-3-1-11(13(21)5-12)9-27-17-7-15(23)14(22)6-16(17)26-19(27)10-2-4-18(24)25-8-10/h1-8H,9H2. The molecule has 0 bridgehead atoms. The number of nitrogens with zero attached hydrogens (tertiary/aromatic N) is 3. The van der Waals surface area contributed by atoms with Gasteiger partial charge < -0.3 is 4.57 Å². The Morgan fingerprint density at radius 1 is 0.815 bits per heavy atom. The maximum atomic E-state index is 6.38. The van der Waals surface area contributed by atoms with Crippen molar-refractivity contribution in [3.05, 3.63) is 79.5 Å². The summed E-state index contributed by atoms with van der Waals surface area (Å²) in [4.78, 5) is 8.88. The second-order valence-corrected chi connectivity index (χ2v) is 7.93. The van der Waals surface area contributed by atoms with E-state index in [1.54, 1.807) is 36.5 Å². The van der Waals surface area contributed by atoms with Crippen molar-refractivity contribution in [3.8, 4) is 11.4 Å². The van der Waals surface area contributed by atoms with Gasteiger partial charge in [-0.25, -0.2) is 9.97 Å². The lowest BCUT2D eigenvalue weighted by molar-refractivity contribution is 0.834. The Bertz CT molecular complexity index is 1150. The molecule has 0 aliphatic heterocycles. The van der Waals surface area contributed by atoms with Crippen molar-refractivity contribution in [3.63, 3.8) is 0 Å². The highest BCUT2D eigenvalue weighted by Gasteiger charge is 2.16. The van der Waals surface area contributed by atoms with E-state index < -0.39 is 0 Å². The zero-order valence-corrected chi connectivity index (χ0v) is 17.3. The van der Waals surface area contributed by atoms with Crippen LogP contribution in [-0.2, 0) is 6.54 Å². The summed E-state index contributed by atoms with van der Waals surface area (Å²) in [5.41, 5.74) is 3.27. The first-order valence-corrected chi connectivity index (χ1v) is 9.72. The average Bonchev–Trinajstić information content (AvgIpc) is 2.96. The molecule has 0 N–H and O–H groups in total. The molecule has 136 valence electrons. The fourth-order valence-electron chi connectivity index (χ4n) is 2.83. The van der Waals surface area contributed by atoms with Crippen LogP contribution in [0.25, 0.3) is 22.4 Å². The molecule has 0 aliphatic rings. The van der Waals surface area contributed by atoms with E-state index in [-0.39, 0.29) is 0 Å². The van der Waals surface area contributed by atoms with Gasteiger partial charge >= 0.3 is 0 Å². The van der Waals surface area contributed by atoms with Crippen LogP contribution in [0, 0.1) is 0 Å². The van der Waals surface area contributed by atoms with Crippen molar-refractivity contribution in [2.75, 3.05) is 0 Å². The fourth-order valence-corrected chi connectivity index (χ4v) is 3.72. The van der Waals surface area contributed by atoms with Crippen LogP contribution in [0.1, 0.15) is 5.56 Å². The quantitative estimate of drug-likeness (QED) is 0.300. The van der Waals surface area contributed by atoms with Gasteiger partial charge in [-0.15, -0.1) is 0 Å². The zero-order valence-electron chi connectivity index (χ0n) is 13.6. The summed E-state index contributed by atoms with van der Waals surface area (Å²) in [5, 5.41) is 2.46. The number of hydrogen-bond acceptors (Lipinski definition) is 2. The number of rotatable bonds is 3. The van der Waals surface area contributed by atoms with Gasteiger partial charge in [-0.3, -0.25) is 0 Å². The lowest BCUT2D eigenvalue weighted by atomic mass is 10.2. The van der Waals surface area contributed by atoms with E-state index in [9.17, 15) is 0 Å². The number of hydrogen-bond donors (Lipinski definition) is 0. The first kappa shape index (κ1) is 18.9. The van der Waals surface area contributed by atoms with Gasteiger partial charge in [-0.2, -0.15) is 0 Å². The maximum absolute atomic E-state index is 6.38. The van der Waals surface area contributed by atoms with E-state index in [0.29, 0.717) is 37.6 Å². The third-order valence-electron chi connectivity index (χ3n) is 4.12. The predicted octanol–water partition coefficient (Wildman–Crippen LogP) is 7.41. The molecule has 27 heavy (non-hydrogen) atoms. The maximum Gasteiger partial charge on any atom is 0.143 e. The van der Waals surface area contributed by atoms with Crippen LogP contribution < -0.4 is 0 Å². The smallest absolute Gasteiger partial charge is 0.143 e. The zero-order chi connectivity index (χ0) is 19.1. The van der Waals surface area contributed by atoms with Crippen LogP contribution in [0.15, 0.2) is 48.7 Å². The van der Waals surface area contributed by atoms with Crippen molar-refractivity contribution in [2.24, 2.45) is 0 Å². The van der Waals surface area contributed by atoms with Crippen LogP contribution in [0.3, 0.4) is 0 Å². The van der Waals surface area contributed by atoms with E-state index in [4.69, 9.17) is 63.0 Å². The Balaban J connectivity index is 1.93. The Morgan fingerprint density at radius 3 is 2.30 bits per heavy atom. The van der Waals surface area contributed by atoms with Crippen LogP contribution in [-0.4, -0.2) is 14.5 Å². The summed E-state index contributed by atoms with van der Waals surface area (Å²) in [6.45, 7) is 0.475. The van der Waals surface area contributed by atoms with Gasteiger partial charge in [0.25, 0.3) is 0 Å². The largest absolute Gasteiger partial charge is 0.319 e. The van der Waals surface area contributed by atoms with Crippen LogP contribution in [0.5, 0.6) is 0 Å². The van der Waals surface area contributed by atoms with Crippen molar-refractivity contribution in [1.29, 1.82) is 0 Å². The molecule has 0 atom stereocenters. The summed E-state index contributed by atoms with van der Waals surface area (Å²) >= 11 is 30.7. The molecule has 4 rings (SSSR count). The molecule has 0 saturated carbocycles. The van der Waals surface area contributed by atoms with E-state index in [0.717, 1.165) is 22.2 Å². The van der Waals surface area contributed by atoms with Gasteiger partial charge in [0.05, 0.1) is 27.6 Å². The summed E-state index contributed by atoms with van der Waals surface area (Å²) in [6, 6.07) is 12.5. The van der Waals surface area contributed by atoms with Crippen molar-refractivity contribution in [1.82, 2.24) is 14.5 Å². The molecule has 2 heterocycles. The molecule has 0 spiro atoms. The van der Waals surface area contributed by atoms with E-state index in [2.05, 4.69) is 4.98 Å². The first-order valence-electron chi connectivity index (χ1n) is 7.83. The Hall–Kier alpha value is -1.49. The number of benzene rings is 2. The Morgan fingerprint density at radius 2 is 1.59 bits per heavy atom. The number of fused-ring (bicyclic) bond motifs is 1. The number of halogens is 5. The summed E-state index contributed by atoms with van der Waals surface area (Å²) in [5.74, 6) is 0.707. The highest BCUT2D eigenvalue weighted by atomic mass is 35.5. The van der Waals surface area contributed by atoms with Crippen LogP contribution in [0.4, 0.5) is 0 Å². The Labute approximate surface area is 180 Å². The van der Waals surface area contributed by atoms with Crippen molar-refractivity contribution in [2.45, 2.75) is 6.54 Å². The van der Waals surface area contributed by atoms with E-state index in [1.807, 2.05) is 16.7 Å². The lowest BCUT2D eigenvalue weighted by Gasteiger charge is -2.11. The highest BCUT2D eigenvalue weighted by Crippen LogP contribution is 2.33. The molecular formula is C19H10Cl5N3. The summed E-state index contributed by atoms with van der Waals surface area (Å²) in [6.07, 6.45) is 1.67. The SMILES string of the molecule is Clc1ccc(Cn2c(-c3ccc(Cl)nc3)nc3cc(Cl)c(Cl)cc32)c(Cl)c1. The second kappa shape index (κ2) is 7.50. The number of aromatic nitrogens is 3. The van der Waals surface area contributed by atoms with Crippen LogP contribution >= 0.6 is 58.0 Å². The third kappa shape index (κ3) is 3.75. The van der Waals surface area contributed by atoms with Gasteiger partial charge in [-0.05, 0) is 42.0 Å². The van der Waals surface area contributed by atoms with Gasteiger partial charge in [-0.1, -0.05) is 64.1 Å². The molecule has 8 heteroatoms. The fraction of sp³-hybridized carbons (Fsp3) is 0.0526. The molecule has 0 radical (unpaired) electrons. The minimum atomic E-state index is 0.410. The first-order chi connectivity index (χ1) is 12.9. The molecule has 0 amide bonds. The van der Waals surface area contributed by atoms with Crippen molar-refractivity contribution >= 4 is 69.0 Å². The average molecular weight is 458 g/mol. The minimum Gasteiger partial charge on any atom is -0.319 e. The van der Waals surface area contributed by atoms with Gasteiger partial charge in [0.2, 0.25) is 0 Å². The minimum absolute atomic E-state index is 0.410. The number of imidazole rings is 1. The lowest BCUT2D eigenvalue weighted by Crippen LogP contribution is -2.03. The van der Waals surface area contributed by atoms with Crippen molar-refractivity contribution < 1.29 is 0 Å². The summed E-state index contributed by atoms with van der Waals surface area (Å²) in [7, 11) is 0. The topological polar surface area (TPSA) is 30.7 Å². The van der Waals surface area contributed by atoms with Gasteiger partial charge in [0.1, 0.15) is 11.0 Å². The molecule has 0 saturated heterocycles. The third-order valence-corrected chi connectivity index (χ3v) is 5.65. The molecule has 3 nitrogen and oxygen atoms in total. The van der Waals surface area contributed by atoms with Crippen LogP contribution in [0.2, 0.25) is 25.2 Å². The Kier molecular flexibility index (Phi) is 5.23. The summed E-state index contributed by atoms with van der Waals surface area (Å²) < 4.78 is 2.01. The molecule has 0 aliphatic carbocycles. The monoisotopic (exact) mass is 455 g/mol. The molecule has 2 aromatic carbocycles. The molecule has 0 fully saturated rings.